The molecule has 0 unspecified atom stereocenters. The van der Waals surface area contributed by atoms with Gasteiger partial charge in [-0.3, -0.25) is 14.4 Å². The minimum atomic E-state index is -1.45. The van der Waals surface area contributed by atoms with Gasteiger partial charge in [-0.1, -0.05) is 11.6 Å². The van der Waals surface area contributed by atoms with Gasteiger partial charge in [-0.25, -0.2) is 0 Å². The lowest BCUT2D eigenvalue weighted by atomic mass is 9.70. The molecule has 3 rings (SSSR count). The van der Waals surface area contributed by atoms with Crippen LogP contribution in [0.2, 0.25) is 0 Å². The Kier molecular flexibility index (Phi) is 3.91. The van der Waals surface area contributed by atoms with Crippen molar-refractivity contribution in [1.82, 2.24) is 0 Å². The number of amides is 1. The Balaban J connectivity index is 2.10. The molecule has 1 aliphatic heterocycles. The molecule has 1 aliphatic carbocycles. The maximum atomic E-state index is 12.8. The van der Waals surface area contributed by atoms with Crippen molar-refractivity contribution in [2.24, 2.45) is 5.41 Å². The number of rotatable bonds is 3. The summed E-state index contributed by atoms with van der Waals surface area (Å²) in [5.41, 5.74) is 0.0252. The van der Waals surface area contributed by atoms with Gasteiger partial charge in [-0.05, 0) is 44.0 Å². The molecule has 1 aromatic rings. The predicted molar refractivity (Wildman–Crippen MR) is 86.7 cm³/mol. The van der Waals surface area contributed by atoms with Gasteiger partial charge >= 0.3 is 5.97 Å². The number of esters is 1. The number of fused-ring (bicyclic) bond motifs is 1. The number of allylic oxidation sites excluding steroid dienone is 1. The van der Waals surface area contributed by atoms with Gasteiger partial charge in [0.05, 0.1) is 20.3 Å². The smallest absolute Gasteiger partial charge is 0.322 e. The molecule has 126 valence electrons. The highest BCUT2D eigenvalue weighted by Gasteiger charge is 2.65. The number of ketones is 1. The van der Waals surface area contributed by atoms with Crippen LogP contribution in [0.3, 0.4) is 0 Å². The van der Waals surface area contributed by atoms with Gasteiger partial charge in [-0.15, -0.1) is 0 Å². The highest BCUT2D eigenvalue weighted by atomic mass is 16.5. The lowest BCUT2D eigenvalue weighted by Gasteiger charge is -2.36. The van der Waals surface area contributed by atoms with Crippen LogP contribution in [0.15, 0.2) is 35.9 Å². The minimum absolute atomic E-state index is 0.210. The van der Waals surface area contributed by atoms with Gasteiger partial charge in [-0.2, -0.15) is 0 Å². The Bertz CT molecular complexity index is 736. The van der Waals surface area contributed by atoms with Gasteiger partial charge in [0.25, 0.3) is 5.91 Å². The van der Waals surface area contributed by atoms with Crippen LogP contribution in [0, 0.1) is 5.41 Å². The average molecular weight is 329 g/mol. The molecule has 1 fully saturated rings. The second-order valence-electron chi connectivity index (χ2n) is 6.14. The van der Waals surface area contributed by atoms with Gasteiger partial charge in [0, 0.05) is 5.69 Å². The number of methoxy groups -OCH3 is 2. The summed E-state index contributed by atoms with van der Waals surface area (Å²) in [4.78, 5) is 39.3. The first-order valence-electron chi connectivity index (χ1n) is 7.71. The molecule has 1 aromatic carbocycles. The fourth-order valence-electron chi connectivity index (χ4n) is 3.67. The predicted octanol–water partition coefficient (Wildman–Crippen LogP) is 1.88. The van der Waals surface area contributed by atoms with Crippen molar-refractivity contribution in [3.63, 3.8) is 0 Å². The van der Waals surface area contributed by atoms with Crippen molar-refractivity contribution in [1.29, 1.82) is 0 Å². The molecule has 0 radical (unpaired) electrons. The molecule has 6 heteroatoms. The number of nitrogens with zero attached hydrogens (tertiary/aromatic N) is 1. The largest absolute Gasteiger partial charge is 0.497 e. The number of hydrogen-bond donors (Lipinski definition) is 0. The third kappa shape index (κ3) is 2.13. The zero-order chi connectivity index (χ0) is 17.5. The Labute approximate surface area is 140 Å². The van der Waals surface area contributed by atoms with Crippen LogP contribution in [-0.4, -0.2) is 37.9 Å². The monoisotopic (exact) mass is 329 g/mol. The van der Waals surface area contributed by atoms with E-state index >= 15 is 0 Å². The van der Waals surface area contributed by atoms with Gasteiger partial charge < -0.3 is 14.4 Å². The van der Waals surface area contributed by atoms with E-state index in [4.69, 9.17) is 9.47 Å². The average Bonchev–Trinajstić information content (AvgIpc) is 2.83. The molecule has 6 nitrogen and oxygen atoms in total. The minimum Gasteiger partial charge on any atom is -0.497 e. The molecule has 0 bridgehead atoms. The van der Waals surface area contributed by atoms with E-state index in [1.165, 1.54) is 12.0 Å². The maximum Gasteiger partial charge on any atom is 0.322 e. The SMILES string of the molecule is COC(=O)[C@]12CC(C)=CC[C@H]1N(c1ccc(OC)cc1)C(=O)C2=O. The van der Waals surface area contributed by atoms with Crippen LogP contribution in [0.25, 0.3) is 0 Å². The van der Waals surface area contributed by atoms with Gasteiger partial charge in [0.15, 0.2) is 5.41 Å². The highest BCUT2D eigenvalue weighted by Crippen LogP contribution is 2.47. The van der Waals surface area contributed by atoms with E-state index in [2.05, 4.69) is 0 Å². The maximum absolute atomic E-state index is 12.8. The van der Waals surface area contributed by atoms with Gasteiger partial charge in [0.1, 0.15) is 5.75 Å². The zero-order valence-electron chi connectivity index (χ0n) is 13.9. The first kappa shape index (κ1) is 16.2. The second-order valence-corrected chi connectivity index (χ2v) is 6.14. The summed E-state index contributed by atoms with van der Waals surface area (Å²) in [7, 11) is 2.80. The van der Waals surface area contributed by atoms with Crippen molar-refractivity contribution in [2.75, 3.05) is 19.1 Å². The molecule has 2 atom stereocenters. The Morgan fingerprint density at radius 3 is 2.46 bits per heavy atom. The summed E-state index contributed by atoms with van der Waals surface area (Å²) in [5.74, 6) is -1.36. The highest BCUT2D eigenvalue weighted by molar-refractivity contribution is 6.49. The van der Waals surface area contributed by atoms with Crippen molar-refractivity contribution < 1.29 is 23.9 Å². The number of carbonyl (C=O) groups is 3. The molecule has 0 spiro atoms. The number of hydrogen-bond acceptors (Lipinski definition) is 5. The molecule has 1 heterocycles. The number of anilines is 1. The van der Waals surface area contributed by atoms with E-state index in [1.807, 2.05) is 13.0 Å². The van der Waals surface area contributed by atoms with E-state index < -0.39 is 29.1 Å². The van der Waals surface area contributed by atoms with Crippen LogP contribution in [0.4, 0.5) is 5.69 Å². The summed E-state index contributed by atoms with van der Waals surface area (Å²) in [6.07, 6.45) is 2.61. The molecular formula is C18H19NO5. The zero-order valence-corrected chi connectivity index (χ0v) is 13.9. The van der Waals surface area contributed by atoms with Crippen molar-refractivity contribution in [3.8, 4) is 5.75 Å². The quantitative estimate of drug-likeness (QED) is 0.366. The summed E-state index contributed by atoms with van der Waals surface area (Å²) in [5, 5.41) is 0. The van der Waals surface area contributed by atoms with Crippen molar-refractivity contribution in [2.45, 2.75) is 25.8 Å². The first-order chi connectivity index (χ1) is 11.5. The Hall–Kier alpha value is -2.63. The van der Waals surface area contributed by atoms with Crippen LogP contribution < -0.4 is 9.64 Å². The molecule has 0 aromatic heterocycles. The molecular weight excluding hydrogens is 310 g/mol. The summed E-state index contributed by atoms with van der Waals surface area (Å²) >= 11 is 0. The normalized spacial score (nSPS) is 26.0. The first-order valence-corrected chi connectivity index (χ1v) is 7.71. The number of Topliss-reactive ketones (excluding diaryl/α,β-unsaturated/α-hetero) is 1. The van der Waals surface area contributed by atoms with E-state index in [-0.39, 0.29) is 6.42 Å². The summed E-state index contributed by atoms with van der Waals surface area (Å²) in [6.45, 7) is 1.86. The van der Waals surface area contributed by atoms with E-state index in [9.17, 15) is 14.4 Å². The van der Waals surface area contributed by atoms with Crippen LogP contribution in [0.1, 0.15) is 19.8 Å². The molecule has 1 saturated heterocycles. The summed E-state index contributed by atoms with van der Waals surface area (Å²) < 4.78 is 10.0. The Morgan fingerprint density at radius 2 is 1.88 bits per heavy atom. The van der Waals surface area contributed by atoms with Crippen LogP contribution >= 0.6 is 0 Å². The fraction of sp³-hybridized carbons (Fsp3) is 0.389. The van der Waals surface area contributed by atoms with Crippen LogP contribution in [-0.2, 0) is 19.1 Å². The van der Waals surface area contributed by atoms with E-state index in [0.29, 0.717) is 17.9 Å². The Morgan fingerprint density at radius 1 is 1.21 bits per heavy atom. The molecule has 1 amide bonds. The standard InChI is InChI=1S/C18H19NO5/c1-11-4-9-14-18(10-11,17(22)24-3)15(20)16(21)19(14)12-5-7-13(23-2)8-6-12/h4-8,14H,9-10H2,1-3H3/t14-,18-/m1/s1. The van der Waals surface area contributed by atoms with Crippen molar-refractivity contribution >= 4 is 23.3 Å². The molecule has 0 saturated carbocycles. The van der Waals surface area contributed by atoms with E-state index in [1.54, 1.807) is 31.4 Å². The van der Waals surface area contributed by atoms with Crippen LogP contribution in [0.5, 0.6) is 5.75 Å². The van der Waals surface area contributed by atoms with Gasteiger partial charge in [0.2, 0.25) is 5.78 Å². The second kappa shape index (κ2) is 5.78. The number of carbonyl (C=O) groups excluding carboxylic acids is 3. The van der Waals surface area contributed by atoms with Crippen molar-refractivity contribution in [3.05, 3.63) is 35.9 Å². The molecule has 0 N–H and O–H groups in total. The molecule has 2 aliphatic rings. The van der Waals surface area contributed by atoms with E-state index in [0.717, 1.165) is 5.57 Å². The lowest BCUT2D eigenvalue weighted by Crippen LogP contribution is -2.49. The molecule has 24 heavy (non-hydrogen) atoms. The fourth-order valence-corrected chi connectivity index (χ4v) is 3.67. The third-order valence-corrected chi connectivity index (χ3v) is 4.85. The topological polar surface area (TPSA) is 72.9 Å². The number of benzene rings is 1. The third-order valence-electron chi connectivity index (χ3n) is 4.85. The number of ether oxygens (including phenoxy) is 2. The summed E-state index contributed by atoms with van der Waals surface area (Å²) in [6, 6.07) is 6.29. The lowest BCUT2D eigenvalue weighted by molar-refractivity contribution is -0.159.